The number of nitrogens with zero attached hydrogens (tertiary/aromatic N) is 3. The summed E-state index contributed by atoms with van der Waals surface area (Å²) in [6.07, 6.45) is 3.52. The van der Waals surface area contributed by atoms with Gasteiger partial charge >= 0.3 is 0 Å². The Morgan fingerprint density at radius 1 is 1.25 bits per heavy atom. The van der Waals surface area contributed by atoms with E-state index in [0.717, 1.165) is 16.7 Å². The molecule has 2 N–H and O–H groups in total. The van der Waals surface area contributed by atoms with Crippen LogP contribution in [-0.2, 0) is 24.9 Å². The van der Waals surface area contributed by atoms with Gasteiger partial charge in [-0.2, -0.15) is 5.10 Å². The summed E-state index contributed by atoms with van der Waals surface area (Å²) in [6, 6.07) is 12.4. The highest BCUT2D eigenvalue weighted by Crippen LogP contribution is 2.31. The van der Waals surface area contributed by atoms with Gasteiger partial charge in [0.2, 0.25) is 0 Å². The predicted octanol–water partition coefficient (Wildman–Crippen LogP) is 3.24. The molecule has 0 radical (unpaired) electrons. The van der Waals surface area contributed by atoms with Crippen LogP contribution in [-0.4, -0.2) is 24.4 Å². The summed E-state index contributed by atoms with van der Waals surface area (Å²) in [5.41, 5.74) is 4.13. The van der Waals surface area contributed by atoms with Crippen LogP contribution in [0.5, 0.6) is 0 Å². The van der Waals surface area contributed by atoms with Crippen LogP contribution in [0.4, 0.5) is 11.4 Å². The van der Waals surface area contributed by atoms with E-state index in [9.17, 15) is 13.6 Å². The molecule has 1 atom stereocenters. The van der Waals surface area contributed by atoms with Gasteiger partial charge in [0.05, 0.1) is 17.6 Å². The molecule has 146 valence electrons. The zero-order valence-electron chi connectivity index (χ0n) is 15.9. The van der Waals surface area contributed by atoms with Crippen LogP contribution in [0.1, 0.15) is 27.0 Å². The normalized spacial score (nSPS) is 11.9. The number of hydrogen-bond acceptors (Lipinski definition) is 3. The van der Waals surface area contributed by atoms with Crippen LogP contribution >= 0.6 is 0 Å². The Kier molecular flexibility index (Phi) is 5.91. The Hall–Kier alpha value is -2.97. The van der Waals surface area contributed by atoms with Gasteiger partial charge in [0.1, 0.15) is 0 Å². The summed E-state index contributed by atoms with van der Waals surface area (Å²) < 4.78 is 25.0. The second-order valence-electron chi connectivity index (χ2n) is 6.57. The Bertz CT molecular complexity index is 1030. The van der Waals surface area contributed by atoms with E-state index < -0.39 is 11.3 Å². The fourth-order valence-electron chi connectivity index (χ4n) is 2.88. The third-order valence-corrected chi connectivity index (χ3v) is 5.01. The second-order valence-corrected chi connectivity index (χ2v) is 7.40. The molecule has 1 heterocycles. The summed E-state index contributed by atoms with van der Waals surface area (Å²) >= 11 is -2.29. The van der Waals surface area contributed by atoms with Crippen molar-refractivity contribution in [3.8, 4) is 0 Å². The van der Waals surface area contributed by atoms with Crippen LogP contribution in [0.25, 0.3) is 0 Å². The molecule has 3 rings (SSSR count). The van der Waals surface area contributed by atoms with Crippen molar-refractivity contribution in [2.45, 2.75) is 20.4 Å². The average molecular weight is 398 g/mol. The summed E-state index contributed by atoms with van der Waals surface area (Å²) in [4.78, 5) is 12.6. The maximum atomic E-state index is 12.6. The lowest BCUT2D eigenvalue weighted by Crippen LogP contribution is -2.24. The Balaban J connectivity index is 1.88. The number of carbonyl (C=O) groups is 1. The van der Waals surface area contributed by atoms with Crippen molar-refractivity contribution in [1.82, 2.24) is 15.1 Å². The number of anilines is 2. The first-order valence-electron chi connectivity index (χ1n) is 8.69. The lowest BCUT2D eigenvalue weighted by atomic mass is 10.1. The zero-order valence-corrected chi connectivity index (χ0v) is 16.7. The first-order valence-corrected chi connectivity index (χ1v) is 9.75. The van der Waals surface area contributed by atoms with Crippen LogP contribution in [0.2, 0.25) is 0 Å². The van der Waals surface area contributed by atoms with E-state index in [1.54, 1.807) is 35.1 Å². The first-order chi connectivity index (χ1) is 13.3. The van der Waals surface area contributed by atoms with Crippen molar-refractivity contribution in [1.29, 1.82) is 0 Å². The highest BCUT2D eigenvalue weighted by molar-refractivity contribution is 7.81. The average Bonchev–Trinajstić information content (AvgIpc) is 3.06. The van der Waals surface area contributed by atoms with Gasteiger partial charge in [-0.25, -0.2) is 8.51 Å². The Morgan fingerprint density at radius 3 is 2.68 bits per heavy atom. The molecule has 1 aromatic heterocycles. The Labute approximate surface area is 166 Å². The lowest BCUT2D eigenvalue weighted by Gasteiger charge is -2.23. The lowest BCUT2D eigenvalue weighted by molar-refractivity contribution is 0.0951. The van der Waals surface area contributed by atoms with Crippen LogP contribution in [0.3, 0.4) is 0 Å². The molecule has 2 aromatic carbocycles. The number of benzene rings is 2. The van der Waals surface area contributed by atoms with E-state index in [2.05, 4.69) is 10.4 Å². The van der Waals surface area contributed by atoms with Crippen molar-refractivity contribution < 1.29 is 13.6 Å². The molecule has 1 amide bonds. The highest BCUT2D eigenvalue weighted by Gasteiger charge is 2.19. The van der Waals surface area contributed by atoms with Gasteiger partial charge in [-0.15, -0.1) is 0 Å². The molecule has 0 aliphatic carbocycles. The van der Waals surface area contributed by atoms with Gasteiger partial charge in [-0.3, -0.25) is 14.0 Å². The van der Waals surface area contributed by atoms with Gasteiger partial charge in [0, 0.05) is 30.9 Å². The molecular weight excluding hydrogens is 376 g/mol. The van der Waals surface area contributed by atoms with Gasteiger partial charge in [0.25, 0.3) is 17.2 Å². The fourth-order valence-corrected chi connectivity index (χ4v) is 3.54. The number of aromatic nitrogens is 2. The maximum absolute atomic E-state index is 12.6. The topological polar surface area (TPSA) is 87.5 Å². The number of aryl methyl sites for hydroxylation is 3. The third kappa shape index (κ3) is 4.47. The zero-order chi connectivity index (χ0) is 20.3. The maximum Gasteiger partial charge on any atom is 0.266 e. The van der Waals surface area contributed by atoms with E-state index >= 15 is 0 Å². The van der Waals surface area contributed by atoms with E-state index in [4.69, 9.17) is 0 Å². The summed E-state index contributed by atoms with van der Waals surface area (Å²) in [7, 11) is 1.81. The molecule has 0 aliphatic heterocycles. The molecule has 0 spiro atoms. The summed E-state index contributed by atoms with van der Waals surface area (Å²) in [6.45, 7) is 4.10. The van der Waals surface area contributed by atoms with E-state index in [1.165, 1.54) is 4.31 Å². The van der Waals surface area contributed by atoms with Crippen molar-refractivity contribution >= 4 is 28.5 Å². The highest BCUT2D eigenvalue weighted by atomic mass is 32.2. The van der Waals surface area contributed by atoms with Gasteiger partial charge in [0.15, 0.2) is 0 Å². The van der Waals surface area contributed by atoms with Gasteiger partial charge in [-0.1, -0.05) is 18.2 Å². The standard InChI is InChI=1S/C20H22N4O3S/c1-14-5-4-6-18(9-14)24(28(26)27)19-10-17(8-7-15(19)2)20(25)21-11-16-12-22-23(3)13-16/h4-10,12-13H,11H2,1-3H3,(H,21,25)(H,26,27). The molecular formula is C20H22N4O3S. The fraction of sp³-hybridized carbons (Fsp3) is 0.200. The summed E-state index contributed by atoms with van der Waals surface area (Å²) in [5.74, 6) is -0.266. The van der Waals surface area contributed by atoms with Crippen LogP contribution in [0, 0.1) is 13.8 Å². The molecule has 0 saturated carbocycles. The van der Waals surface area contributed by atoms with Gasteiger partial charge < -0.3 is 5.32 Å². The van der Waals surface area contributed by atoms with Crippen LogP contribution in [0.15, 0.2) is 54.9 Å². The van der Waals surface area contributed by atoms with Crippen molar-refractivity contribution in [3.05, 3.63) is 77.1 Å². The van der Waals surface area contributed by atoms with Crippen molar-refractivity contribution in [3.63, 3.8) is 0 Å². The Morgan fingerprint density at radius 2 is 2.04 bits per heavy atom. The predicted molar refractivity (Wildman–Crippen MR) is 110 cm³/mol. The molecule has 0 bridgehead atoms. The van der Waals surface area contributed by atoms with E-state index in [-0.39, 0.29) is 5.91 Å². The number of amides is 1. The number of hydrogen-bond donors (Lipinski definition) is 2. The quantitative estimate of drug-likeness (QED) is 0.624. The SMILES string of the molecule is Cc1cccc(N(c2cc(C(=O)NCc3cnn(C)c3)ccc2C)S(=O)O)c1. The molecule has 8 heteroatoms. The molecule has 0 saturated heterocycles. The van der Waals surface area contributed by atoms with Crippen molar-refractivity contribution in [2.75, 3.05) is 4.31 Å². The molecule has 7 nitrogen and oxygen atoms in total. The van der Waals surface area contributed by atoms with E-state index in [1.807, 2.05) is 45.3 Å². The molecule has 0 fully saturated rings. The molecule has 0 aliphatic rings. The largest absolute Gasteiger partial charge is 0.348 e. The van der Waals surface area contributed by atoms with Gasteiger partial charge in [-0.05, 0) is 49.2 Å². The molecule has 1 unspecified atom stereocenters. The minimum atomic E-state index is -2.29. The number of carbonyl (C=O) groups excluding carboxylic acids is 1. The third-order valence-electron chi connectivity index (χ3n) is 4.29. The van der Waals surface area contributed by atoms with Crippen molar-refractivity contribution in [2.24, 2.45) is 7.05 Å². The monoisotopic (exact) mass is 398 g/mol. The van der Waals surface area contributed by atoms with E-state index in [0.29, 0.717) is 23.5 Å². The molecule has 3 aromatic rings. The minimum absolute atomic E-state index is 0.266. The second kappa shape index (κ2) is 8.37. The molecule has 28 heavy (non-hydrogen) atoms. The first kappa shape index (κ1) is 19.8. The number of nitrogens with one attached hydrogen (secondary N) is 1. The minimum Gasteiger partial charge on any atom is -0.348 e. The van der Waals surface area contributed by atoms with Crippen LogP contribution < -0.4 is 9.62 Å². The summed E-state index contributed by atoms with van der Waals surface area (Å²) in [5, 5.41) is 6.92. The number of rotatable bonds is 6. The smallest absolute Gasteiger partial charge is 0.266 e.